The number of benzene rings is 1. The van der Waals surface area contributed by atoms with Crippen molar-refractivity contribution in [3.63, 3.8) is 0 Å². The molecule has 3 rings (SSSR count). The van der Waals surface area contributed by atoms with Crippen molar-refractivity contribution in [1.82, 2.24) is 20.0 Å². The molecule has 6 nitrogen and oxygen atoms in total. The fourth-order valence-corrected chi connectivity index (χ4v) is 3.63. The first kappa shape index (κ1) is 23.8. The number of halogens is 3. The topological polar surface area (TPSA) is 51.2 Å². The summed E-state index contributed by atoms with van der Waals surface area (Å²) in [7, 11) is 0. The first-order chi connectivity index (χ1) is 13.6. The van der Waals surface area contributed by atoms with E-state index in [1.165, 1.54) is 6.07 Å². The maximum absolute atomic E-state index is 13.8. The third-order valence-corrected chi connectivity index (χ3v) is 5.23. The minimum Gasteiger partial charge on any atom is -0.357 e. The summed E-state index contributed by atoms with van der Waals surface area (Å²) in [5, 5.41) is 3.22. The molecule has 1 amide bonds. The van der Waals surface area contributed by atoms with Crippen molar-refractivity contribution < 1.29 is 13.6 Å². The van der Waals surface area contributed by atoms with Crippen molar-refractivity contribution in [2.75, 3.05) is 52.4 Å². The molecule has 2 saturated heterocycles. The van der Waals surface area contributed by atoms with Crippen LogP contribution in [-0.4, -0.2) is 78.9 Å². The SMILES string of the molecule is CCNC(=NCc1cc(F)ccc1F)N1CCN(CC(=O)N2CCCC2)CC1.I. The van der Waals surface area contributed by atoms with Crippen molar-refractivity contribution in [1.29, 1.82) is 0 Å². The third-order valence-electron chi connectivity index (χ3n) is 5.23. The number of amides is 1. The van der Waals surface area contributed by atoms with Crippen molar-refractivity contribution >= 4 is 35.8 Å². The van der Waals surface area contributed by atoms with Crippen LogP contribution < -0.4 is 5.32 Å². The highest BCUT2D eigenvalue weighted by molar-refractivity contribution is 14.0. The molecule has 2 aliphatic heterocycles. The Labute approximate surface area is 188 Å². The lowest BCUT2D eigenvalue weighted by atomic mass is 10.2. The van der Waals surface area contributed by atoms with Crippen LogP contribution in [-0.2, 0) is 11.3 Å². The molecule has 0 bridgehead atoms. The van der Waals surface area contributed by atoms with Crippen LogP contribution in [0.4, 0.5) is 8.78 Å². The summed E-state index contributed by atoms with van der Waals surface area (Å²) in [6.45, 7) is 8.02. The Morgan fingerprint density at radius 1 is 1.07 bits per heavy atom. The van der Waals surface area contributed by atoms with E-state index in [0.717, 1.165) is 64.2 Å². The predicted octanol–water partition coefficient (Wildman–Crippen LogP) is 2.29. The molecule has 1 N–H and O–H groups in total. The maximum atomic E-state index is 13.8. The number of carbonyl (C=O) groups is 1. The summed E-state index contributed by atoms with van der Waals surface area (Å²) in [6.07, 6.45) is 2.21. The van der Waals surface area contributed by atoms with E-state index in [4.69, 9.17) is 0 Å². The van der Waals surface area contributed by atoms with E-state index in [1.54, 1.807) is 0 Å². The van der Waals surface area contributed by atoms with Gasteiger partial charge in [-0.2, -0.15) is 0 Å². The van der Waals surface area contributed by atoms with Crippen molar-refractivity contribution in [2.45, 2.75) is 26.3 Å². The van der Waals surface area contributed by atoms with Crippen LogP contribution in [0.5, 0.6) is 0 Å². The number of hydrogen-bond donors (Lipinski definition) is 1. The van der Waals surface area contributed by atoms with E-state index < -0.39 is 11.6 Å². The van der Waals surface area contributed by atoms with E-state index >= 15 is 0 Å². The molecule has 2 fully saturated rings. The molecule has 162 valence electrons. The first-order valence-corrected chi connectivity index (χ1v) is 10.0. The highest BCUT2D eigenvalue weighted by Crippen LogP contribution is 2.12. The number of carbonyl (C=O) groups excluding carboxylic acids is 1. The van der Waals surface area contributed by atoms with Gasteiger partial charge in [0.1, 0.15) is 11.6 Å². The maximum Gasteiger partial charge on any atom is 0.236 e. The molecule has 0 aromatic heterocycles. The smallest absolute Gasteiger partial charge is 0.236 e. The van der Waals surface area contributed by atoms with E-state index in [0.29, 0.717) is 19.0 Å². The van der Waals surface area contributed by atoms with Gasteiger partial charge in [0.15, 0.2) is 5.96 Å². The summed E-state index contributed by atoms with van der Waals surface area (Å²) in [6, 6.07) is 3.42. The van der Waals surface area contributed by atoms with E-state index in [9.17, 15) is 13.6 Å². The highest BCUT2D eigenvalue weighted by atomic mass is 127. The second kappa shape index (κ2) is 11.6. The number of nitrogens with zero attached hydrogens (tertiary/aromatic N) is 4. The molecule has 2 heterocycles. The normalized spacial score (nSPS) is 18.0. The van der Waals surface area contributed by atoms with Gasteiger partial charge in [0.2, 0.25) is 5.91 Å². The minimum absolute atomic E-state index is 0. The molecule has 0 unspecified atom stereocenters. The number of rotatable bonds is 5. The predicted molar refractivity (Wildman–Crippen MR) is 120 cm³/mol. The van der Waals surface area contributed by atoms with Crippen LogP contribution in [0, 0.1) is 11.6 Å². The second-order valence-corrected chi connectivity index (χ2v) is 7.26. The number of piperazine rings is 1. The molecular weight excluding hydrogens is 491 g/mol. The van der Waals surface area contributed by atoms with Gasteiger partial charge >= 0.3 is 0 Å². The average molecular weight is 521 g/mol. The number of guanidine groups is 1. The lowest BCUT2D eigenvalue weighted by molar-refractivity contribution is -0.131. The standard InChI is InChI=1S/C20H29F2N5O.HI/c1-2-23-20(24-14-16-13-17(21)5-6-18(16)22)27-11-9-25(10-12-27)15-19(28)26-7-3-4-8-26;/h5-6,13H,2-4,7-12,14-15H2,1H3,(H,23,24);1H. The summed E-state index contributed by atoms with van der Waals surface area (Å²) in [5.41, 5.74) is 0.241. The van der Waals surface area contributed by atoms with Gasteiger partial charge in [0, 0.05) is 51.4 Å². The van der Waals surface area contributed by atoms with Crippen LogP contribution in [0.25, 0.3) is 0 Å². The summed E-state index contributed by atoms with van der Waals surface area (Å²) >= 11 is 0. The van der Waals surface area contributed by atoms with Crippen LogP contribution in [0.15, 0.2) is 23.2 Å². The Morgan fingerprint density at radius 2 is 1.76 bits per heavy atom. The van der Waals surface area contributed by atoms with Gasteiger partial charge in [-0.05, 0) is 38.0 Å². The molecule has 2 aliphatic rings. The van der Waals surface area contributed by atoms with Gasteiger partial charge < -0.3 is 15.1 Å². The van der Waals surface area contributed by atoms with E-state index in [2.05, 4.69) is 20.1 Å². The van der Waals surface area contributed by atoms with Gasteiger partial charge in [0.25, 0.3) is 0 Å². The van der Waals surface area contributed by atoms with Crippen LogP contribution in [0.2, 0.25) is 0 Å². The molecule has 1 aromatic carbocycles. The summed E-state index contributed by atoms with van der Waals surface area (Å²) in [5.74, 6) is -0.0103. The first-order valence-electron chi connectivity index (χ1n) is 10.0. The van der Waals surface area contributed by atoms with Gasteiger partial charge in [-0.1, -0.05) is 0 Å². The van der Waals surface area contributed by atoms with Gasteiger partial charge in [-0.3, -0.25) is 9.69 Å². The van der Waals surface area contributed by atoms with Gasteiger partial charge in [0.05, 0.1) is 13.1 Å². The molecule has 0 atom stereocenters. The second-order valence-electron chi connectivity index (χ2n) is 7.26. The zero-order chi connectivity index (χ0) is 19.9. The minimum atomic E-state index is -0.465. The van der Waals surface area contributed by atoms with Crippen LogP contribution in [0.3, 0.4) is 0 Å². The van der Waals surface area contributed by atoms with Crippen LogP contribution >= 0.6 is 24.0 Å². The molecule has 9 heteroatoms. The number of aliphatic imine (C=N–C) groups is 1. The number of hydrogen-bond acceptors (Lipinski definition) is 3. The highest BCUT2D eigenvalue weighted by Gasteiger charge is 2.24. The molecule has 0 saturated carbocycles. The zero-order valence-electron chi connectivity index (χ0n) is 16.9. The fourth-order valence-electron chi connectivity index (χ4n) is 3.63. The summed E-state index contributed by atoms with van der Waals surface area (Å²) < 4.78 is 27.2. The zero-order valence-corrected chi connectivity index (χ0v) is 19.2. The van der Waals surface area contributed by atoms with Crippen LogP contribution in [0.1, 0.15) is 25.3 Å². The lowest BCUT2D eigenvalue weighted by Crippen LogP contribution is -2.54. The van der Waals surface area contributed by atoms with Crippen molar-refractivity contribution in [2.24, 2.45) is 4.99 Å². The largest absolute Gasteiger partial charge is 0.357 e. The lowest BCUT2D eigenvalue weighted by Gasteiger charge is -2.36. The van der Waals surface area contributed by atoms with Gasteiger partial charge in [-0.25, -0.2) is 13.8 Å². The third kappa shape index (κ3) is 6.77. The number of likely N-dealkylation sites (tertiary alicyclic amines) is 1. The summed E-state index contributed by atoms with van der Waals surface area (Å²) in [4.78, 5) is 23.0. The Bertz CT molecular complexity index is 704. The fraction of sp³-hybridized carbons (Fsp3) is 0.600. The quantitative estimate of drug-likeness (QED) is 0.367. The van der Waals surface area contributed by atoms with Crippen molar-refractivity contribution in [3.8, 4) is 0 Å². The Balaban J connectivity index is 0.00000300. The van der Waals surface area contributed by atoms with Gasteiger partial charge in [-0.15, -0.1) is 24.0 Å². The van der Waals surface area contributed by atoms with E-state index in [1.807, 2.05) is 11.8 Å². The molecule has 0 radical (unpaired) electrons. The Hall–Kier alpha value is -1.49. The monoisotopic (exact) mass is 521 g/mol. The molecule has 1 aromatic rings. The molecule has 0 spiro atoms. The molecule has 0 aliphatic carbocycles. The average Bonchev–Trinajstić information content (AvgIpc) is 3.23. The van der Waals surface area contributed by atoms with E-state index in [-0.39, 0.29) is 42.0 Å². The van der Waals surface area contributed by atoms with Crippen molar-refractivity contribution in [3.05, 3.63) is 35.4 Å². The number of nitrogens with one attached hydrogen (secondary N) is 1. The molecular formula is C20H30F2IN5O. The molecule has 29 heavy (non-hydrogen) atoms. The Morgan fingerprint density at radius 3 is 2.41 bits per heavy atom. The Kier molecular flexibility index (Phi) is 9.54.